The maximum Gasteiger partial charge on any atom is 0.182 e. The predicted octanol–water partition coefficient (Wildman–Crippen LogP) is 1.87. The van der Waals surface area contributed by atoms with Gasteiger partial charge in [-0.2, -0.15) is 0 Å². The Hall–Kier alpha value is -2.11. The molecule has 0 aliphatic heterocycles. The molecule has 2 rings (SSSR count). The maximum atomic E-state index is 5.79. The van der Waals surface area contributed by atoms with E-state index in [1.165, 1.54) is 0 Å². The fraction of sp³-hybridized carbons (Fsp3) is 0.417. The molecule has 1 atom stereocenters. The minimum absolute atomic E-state index is 0.252. The van der Waals surface area contributed by atoms with Gasteiger partial charge in [0.2, 0.25) is 0 Å². The number of nitrogens with two attached hydrogens (primary N) is 2. The van der Waals surface area contributed by atoms with Crippen molar-refractivity contribution in [2.75, 3.05) is 11.5 Å². The molecule has 0 fully saturated rings. The average molecular weight is 246 g/mol. The third-order valence-electron chi connectivity index (χ3n) is 2.85. The number of nitrogen functional groups attached to an aromatic ring is 2. The van der Waals surface area contributed by atoms with E-state index < -0.39 is 0 Å². The van der Waals surface area contributed by atoms with Crippen LogP contribution in [0.2, 0.25) is 0 Å². The van der Waals surface area contributed by atoms with Crippen LogP contribution in [0.4, 0.5) is 11.4 Å². The topological polar surface area (TPSA) is 95.6 Å². The lowest BCUT2D eigenvalue weighted by atomic mass is 10.1. The summed E-state index contributed by atoms with van der Waals surface area (Å²) >= 11 is 0. The van der Waals surface area contributed by atoms with Gasteiger partial charge in [0, 0.05) is 16.9 Å². The smallest absolute Gasteiger partial charge is 0.182 e. The lowest BCUT2D eigenvalue weighted by Gasteiger charge is -2.12. The van der Waals surface area contributed by atoms with Gasteiger partial charge in [-0.1, -0.05) is 13.3 Å². The standard InChI is InChI=1S/C12H18N6/c1-3-4-8(2)18-12(15-16-17-18)9-5-10(13)7-11(14)6-9/h5-8H,3-4,13-14H2,1-2H3. The third-order valence-corrected chi connectivity index (χ3v) is 2.85. The molecule has 0 saturated carbocycles. The first-order valence-corrected chi connectivity index (χ1v) is 6.06. The maximum absolute atomic E-state index is 5.79. The number of hydrogen-bond acceptors (Lipinski definition) is 5. The van der Waals surface area contributed by atoms with Gasteiger partial charge < -0.3 is 11.5 Å². The molecule has 0 spiro atoms. The van der Waals surface area contributed by atoms with Crippen molar-refractivity contribution in [1.82, 2.24) is 20.2 Å². The third kappa shape index (κ3) is 2.42. The first-order chi connectivity index (χ1) is 8.61. The van der Waals surface area contributed by atoms with Crippen LogP contribution in [0, 0.1) is 0 Å². The average Bonchev–Trinajstić information content (AvgIpc) is 2.76. The highest BCUT2D eigenvalue weighted by atomic mass is 15.5. The van der Waals surface area contributed by atoms with Crippen LogP contribution in [0.15, 0.2) is 18.2 Å². The number of rotatable bonds is 4. The van der Waals surface area contributed by atoms with Crippen molar-refractivity contribution in [3.05, 3.63) is 18.2 Å². The molecule has 0 aliphatic rings. The summed E-state index contributed by atoms with van der Waals surface area (Å²) in [5.74, 6) is 0.704. The van der Waals surface area contributed by atoms with Gasteiger partial charge in [-0.15, -0.1) is 5.10 Å². The second-order valence-corrected chi connectivity index (χ2v) is 4.47. The zero-order valence-corrected chi connectivity index (χ0v) is 10.7. The Labute approximate surface area is 106 Å². The Balaban J connectivity index is 2.42. The van der Waals surface area contributed by atoms with Crippen molar-refractivity contribution in [1.29, 1.82) is 0 Å². The summed E-state index contributed by atoms with van der Waals surface area (Å²) in [5, 5.41) is 11.8. The van der Waals surface area contributed by atoms with Crippen molar-refractivity contribution < 1.29 is 0 Å². The molecule has 0 bridgehead atoms. The Kier molecular flexibility index (Phi) is 3.45. The lowest BCUT2D eigenvalue weighted by molar-refractivity contribution is 0.447. The van der Waals surface area contributed by atoms with E-state index in [4.69, 9.17) is 11.5 Å². The van der Waals surface area contributed by atoms with Gasteiger partial charge in [0.25, 0.3) is 0 Å². The van der Waals surface area contributed by atoms with E-state index in [2.05, 4.69) is 29.4 Å². The summed E-state index contributed by atoms with van der Waals surface area (Å²) < 4.78 is 1.82. The monoisotopic (exact) mass is 246 g/mol. The molecule has 96 valence electrons. The number of aromatic nitrogens is 4. The first-order valence-electron chi connectivity index (χ1n) is 6.06. The predicted molar refractivity (Wildman–Crippen MR) is 71.7 cm³/mol. The molecule has 0 amide bonds. The Bertz CT molecular complexity index is 513. The van der Waals surface area contributed by atoms with E-state index in [1.54, 1.807) is 6.07 Å². The van der Waals surface area contributed by atoms with Crippen molar-refractivity contribution in [2.45, 2.75) is 32.7 Å². The van der Waals surface area contributed by atoms with Gasteiger partial charge >= 0.3 is 0 Å². The quantitative estimate of drug-likeness (QED) is 0.803. The summed E-state index contributed by atoms with van der Waals surface area (Å²) in [6, 6.07) is 5.63. The van der Waals surface area contributed by atoms with E-state index >= 15 is 0 Å². The summed E-state index contributed by atoms with van der Waals surface area (Å²) in [6.45, 7) is 4.23. The zero-order valence-electron chi connectivity index (χ0n) is 10.7. The zero-order chi connectivity index (χ0) is 13.1. The van der Waals surface area contributed by atoms with Crippen molar-refractivity contribution in [3.8, 4) is 11.4 Å². The fourth-order valence-electron chi connectivity index (χ4n) is 2.03. The summed E-state index contributed by atoms with van der Waals surface area (Å²) in [6.07, 6.45) is 2.11. The van der Waals surface area contributed by atoms with E-state index in [0.717, 1.165) is 18.4 Å². The highest BCUT2D eigenvalue weighted by Crippen LogP contribution is 2.25. The largest absolute Gasteiger partial charge is 0.399 e. The minimum atomic E-state index is 0.252. The number of nitrogens with zero attached hydrogens (tertiary/aromatic N) is 4. The molecule has 0 aliphatic carbocycles. The van der Waals surface area contributed by atoms with Gasteiger partial charge in [-0.3, -0.25) is 0 Å². The number of anilines is 2. The Morgan fingerprint density at radius 1 is 1.22 bits per heavy atom. The highest BCUT2D eigenvalue weighted by molar-refractivity contribution is 5.67. The molecule has 0 saturated heterocycles. The summed E-state index contributed by atoms with van der Waals surface area (Å²) in [5.41, 5.74) is 13.7. The molecule has 6 nitrogen and oxygen atoms in total. The minimum Gasteiger partial charge on any atom is -0.399 e. The molecule has 6 heteroatoms. The van der Waals surface area contributed by atoms with Crippen LogP contribution in [-0.2, 0) is 0 Å². The van der Waals surface area contributed by atoms with Crippen LogP contribution in [0.1, 0.15) is 32.7 Å². The molecular formula is C12H18N6. The number of benzene rings is 1. The van der Waals surface area contributed by atoms with Crippen molar-refractivity contribution >= 4 is 11.4 Å². The van der Waals surface area contributed by atoms with Crippen LogP contribution in [0.3, 0.4) is 0 Å². The fourth-order valence-corrected chi connectivity index (χ4v) is 2.03. The molecular weight excluding hydrogens is 228 g/mol. The van der Waals surface area contributed by atoms with Crippen LogP contribution in [0.25, 0.3) is 11.4 Å². The molecule has 18 heavy (non-hydrogen) atoms. The van der Waals surface area contributed by atoms with Crippen LogP contribution in [0.5, 0.6) is 0 Å². The molecule has 4 N–H and O–H groups in total. The second-order valence-electron chi connectivity index (χ2n) is 4.47. The lowest BCUT2D eigenvalue weighted by Crippen LogP contribution is -2.09. The Morgan fingerprint density at radius 3 is 2.50 bits per heavy atom. The molecule has 1 aromatic heterocycles. The SMILES string of the molecule is CCCC(C)n1nnnc1-c1cc(N)cc(N)c1. The van der Waals surface area contributed by atoms with E-state index in [0.29, 0.717) is 17.2 Å². The van der Waals surface area contributed by atoms with Gasteiger partial charge in [-0.05, 0) is 42.0 Å². The molecule has 1 heterocycles. The molecule has 2 aromatic rings. The van der Waals surface area contributed by atoms with E-state index in [9.17, 15) is 0 Å². The molecule has 1 unspecified atom stereocenters. The number of tetrazole rings is 1. The van der Waals surface area contributed by atoms with Crippen LogP contribution < -0.4 is 11.5 Å². The highest BCUT2D eigenvalue weighted by Gasteiger charge is 2.14. The van der Waals surface area contributed by atoms with Gasteiger partial charge in [0.15, 0.2) is 5.82 Å². The molecule has 0 radical (unpaired) electrons. The van der Waals surface area contributed by atoms with Crippen molar-refractivity contribution in [3.63, 3.8) is 0 Å². The van der Waals surface area contributed by atoms with Crippen molar-refractivity contribution in [2.24, 2.45) is 0 Å². The summed E-state index contributed by atoms with van der Waals surface area (Å²) in [7, 11) is 0. The van der Waals surface area contributed by atoms with E-state index in [-0.39, 0.29) is 6.04 Å². The normalized spacial score (nSPS) is 12.6. The first kappa shape index (κ1) is 12.3. The van der Waals surface area contributed by atoms with Gasteiger partial charge in [0.05, 0.1) is 6.04 Å². The van der Waals surface area contributed by atoms with Crippen LogP contribution in [-0.4, -0.2) is 20.2 Å². The summed E-state index contributed by atoms with van der Waals surface area (Å²) in [4.78, 5) is 0. The molecule has 1 aromatic carbocycles. The van der Waals surface area contributed by atoms with E-state index in [1.807, 2.05) is 16.8 Å². The van der Waals surface area contributed by atoms with Gasteiger partial charge in [0.1, 0.15) is 0 Å². The second kappa shape index (κ2) is 5.03. The Morgan fingerprint density at radius 2 is 1.89 bits per heavy atom. The van der Waals surface area contributed by atoms with Gasteiger partial charge in [-0.25, -0.2) is 4.68 Å². The van der Waals surface area contributed by atoms with Crippen LogP contribution >= 0.6 is 0 Å². The number of hydrogen-bond donors (Lipinski definition) is 2.